The number of carbonyl (C=O) groups excluding carboxylic acids is 1. The van der Waals surface area contributed by atoms with Crippen LogP contribution in [0.5, 0.6) is 0 Å². The van der Waals surface area contributed by atoms with Crippen LogP contribution in [0, 0.1) is 11.3 Å². The van der Waals surface area contributed by atoms with Crippen molar-refractivity contribution in [3.8, 4) is 0 Å². The summed E-state index contributed by atoms with van der Waals surface area (Å²) in [7, 11) is 0. The molecule has 2 rings (SSSR count). The van der Waals surface area contributed by atoms with Crippen LogP contribution in [0.25, 0.3) is 0 Å². The van der Waals surface area contributed by atoms with Crippen molar-refractivity contribution < 1.29 is 4.79 Å². The van der Waals surface area contributed by atoms with Gasteiger partial charge in [-0.05, 0) is 50.0 Å². The Bertz CT molecular complexity index is 297. The van der Waals surface area contributed by atoms with Gasteiger partial charge in [-0.15, -0.1) is 0 Å². The average Bonchev–Trinajstić information content (AvgIpc) is 2.94. The van der Waals surface area contributed by atoms with E-state index in [0.717, 1.165) is 25.4 Å². The van der Waals surface area contributed by atoms with Crippen molar-refractivity contribution in [2.45, 2.75) is 71.3 Å². The van der Waals surface area contributed by atoms with Crippen LogP contribution in [0.1, 0.15) is 65.2 Å². The van der Waals surface area contributed by atoms with E-state index in [9.17, 15) is 4.79 Å². The molecule has 0 bridgehead atoms. The van der Waals surface area contributed by atoms with Gasteiger partial charge in [0.2, 0.25) is 5.91 Å². The van der Waals surface area contributed by atoms with Gasteiger partial charge in [0.1, 0.15) is 0 Å². The van der Waals surface area contributed by atoms with Gasteiger partial charge in [-0.2, -0.15) is 0 Å². The van der Waals surface area contributed by atoms with E-state index >= 15 is 0 Å². The highest BCUT2D eigenvalue weighted by Gasteiger charge is 2.33. The summed E-state index contributed by atoms with van der Waals surface area (Å²) in [6.45, 7) is 6.38. The lowest BCUT2D eigenvalue weighted by Gasteiger charge is -2.32. The van der Waals surface area contributed by atoms with Gasteiger partial charge in [-0.25, -0.2) is 0 Å². The molecule has 0 radical (unpaired) electrons. The van der Waals surface area contributed by atoms with Crippen molar-refractivity contribution in [3.63, 3.8) is 0 Å². The number of carbonyl (C=O) groups is 1. The van der Waals surface area contributed by atoms with E-state index in [0.29, 0.717) is 5.41 Å². The van der Waals surface area contributed by atoms with Crippen LogP contribution in [-0.2, 0) is 4.79 Å². The van der Waals surface area contributed by atoms with Gasteiger partial charge in [0.25, 0.3) is 0 Å². The Balaban J connectivity index is 1.80. The molecule has 2 aliphatic rings. The fraction of sp³-hybridized carbons (Fsp3) is 0.938. The number of nitrogens with one attached hydrogen (secondary N) is 2. The smallest absolute Gasteiger partial charge is 0.237 e. The van der Waals surface area contributed by atoms with E-state index in [1.807, 2.05) is 0 Å². The van der Waals surface area contributed by atoms with Crippen LogP contribution < -0.4 is 10.6 Å². The Labute approximate surface area is 117 Å². The van der Waals surface area contributed by atoms with Crippen LogP contribution in [0.3, 0.4) is 0 Å². The van der Waals surface area contributed by atoms with Gasteiger partial charge in [-0.1, -0.05) is 33.1 Å². The Morgan fingerprint density at radius 2 is 2.05 bits per heavy atom. The molecule has 2 fully saturated rings. The molecule has 0 spiro atoms. The van der Waals surface area contributed by atoms with Crippen LogP contribution in [-0.4, -0.2) is 25.0 Å². The summed E-state index contributed by atoms with van der Waals surface area (Å²) in [5, 5.41) is 6.61. The van der Waals surface area contributed by atoms with Gasteiger partial charge in [-0.3, -0.25) is 4.79 Å². The second-order valence-corrected chi connectivity index (χ2v) is 6.58. The fourth-order valence-electron chi connectivity index (χ4n) is 3.74. The third-order valence-corrected chi connectivity index (χ3v) is 5.46. The molecule has 2 atom stereocenters. The number of piperidine rings is 1. The molecule has 0 aromatic heterocycles. The molecule has 2 N–H and O–H groups in total. The van der Waals surface area contributed by atoms with E-state index < -0.39 is 0 Å². The standard InChI is InChI=1S/C16H30N2O/c1-3-13-7-10-17-14(11-13)15(19)18-12-16(4-2)8-5-6-9-16/h13-14,17H,3-12H2,1-2H3,(H,18,19). The average molecular weight is 266 g/mol. The van der Waals surface area contributed by atoms with Gasteiger partial charge < -0.3 is 10.6 Å². The summed E-state index contributed by atoms with van der Waals surface area (Å²) in [5.41, 5.74) is 0.397. The molecule has 0 aromatic rings. The molecule has 1 aliphatic heterocycles. The summed E-state index contributed by atoms with van der Waals surface area (Å²) in [5.74, 6) is 0.960. The summed E-state index contributed by atoms with van der Waals surface area (Å²) in [4.78, 5) is 12.3. The minimum Gasteiger partial charge on any atom is -0.354 e. The van der Waals surface area contributed by atoms with E-state index in [1.165, 1.54) is 44.9 Å². The summed E-state index contributed by atoms with van der Waals surface area (Å²) < 4.78 is 0. The fourth-order valence-corrected chi connectivity index (χ4v) is 3.74. The number of hydrogen-bond acceptors (Lipinski definition) is 2. The zero-order valence-electron chi connectivity index (χ0n) is 12.6. The quantitative estimate of drug-likeness (QED) is 0.803. The molecule has 1 saturated carbocycles. The highest BCUT2D eigenvalue weighted by atomic mass is 16.2. The normalized spacial score (nSPS) is 30.2. The van der Waals surface area contributed by atoms with Crippen molar-refractivity contribution in [2.24, 2.45) is 11.3 Å². The first-order valence-electron chi connectivity index (χ1n) is 8.20. The highest BCUT2D eigenvalue weighted by Crippen LogP contribution is 2.40. The maximum Gasteiger partial charge on any atom is 0.237 e. The third kappa shape index (κ3) is 3.71. The number of rotatable bonds is 5. The second kappa shape index (κ2) is 6.74. The van der Waals surface area contributed by atoms with Crippen molar-refractivity contribution >= 4 is 5.91 Å². The monoisotopic (exact) mass is 266 g/mol. The molecular weight excluding hydrogens is 236 g/mol. The first-order chi connectivity index (χ1) is 9.19. The highest BCUT2D eigenvalue weighted by molar-refractivity contribution is 5.81. The lowest BCUT2D eigenvalue weighted by Crippen LogP contribution is -2.50. The van der Waals surface area contributed by atoms with Crippen LogP contribution in [0.2, 0.25) is 0 Å². The van der Waals surface area contributed by atoms with Gasteiger partial charge in [0.15, 0.2) is 0 Å². The Hall–Kier alpha value is -0.570. The van der Waals surface area contributed by atoms with Gasteiger partial charge in [0, 0.05) is 6.54 Å². The molecule has 1 amide bonds. The molecule has 3 nitrogen and oxygen atoms in total. The number of hydrogen-bond donors (Lipinski definition) is 2. The van der Waals surface area contributed by atoms with E-state index in [-0.39, 0.29) is 11.9 Å². The zero-order chi connectivity index (χ0) is 13.7. The summed E-state index contributed by atoms with van der Waals surface area (Å²) in [6, 6.07) is 0.0500. The van der Waals surface area contributed by atoms with Crippen molar-refractivity contribution in [1.29, 1.82) is 0 Å². The van der Waals surface area contributed by atoms with Crippen molar-refractivity contribution in [3.05, 3.63) is 0 Å². The molecule has 1 aliphatic carbocycles. The Morgan fingerprint density at radius 3 is 2.68 bits per heavy atom. The maximum absolute atomic E-state index is 12.3. The summed E-state index contributed by atoms with van der Waals surface area (Å²) in [6.07, 6.45) is 9.89. The maximum atomic E-state index is 12.3. The van der Waals surface area contributed by atoms with Crippen molar-refractivity contribution in [2.75, 3.05) is 13.1 Å². The van der Waals surface area contributed by atoms with Crippen LogP contribution in [0.4, 0.5) is 0 Å². The topological polar surface area (TPSA) is 41.1 Å². The predicted octanol–water partition coefficient (Wildman–Crippen LogP) is 2.85. The van der Waals surface area contributed by atoms with Gasteiger partial charge >= 0.3 is 0 Å². The van der Waals surface area contributed by atoms with Crippen LogP contribution >= 0.6 is 0 Å². The van der Waals surface area contributed by atoms with Crippen LogP contribution in [0.15, 0.2) is 0 Å². The molecule has 110 valence electrons. The Morgan fingerprint density at radius 1 is 1.32 bits per heavy atom. The number of amides is 1. The summed E-state index contributed by atoms with van der Waals surface area (Å²) >= 11 is 0. The third-order valence-electron chi connectivity index (χ3n) is 5.46. The molecule has 1 saturated heterocycles. The first kappa shape index (κ1) is 14.8. The molecule has 1 heterocycles. The van der Waals surface area contributed by atoms with E-state index in [4.69, 9.17) is 0 Å². The molecule has 0 aromatic carbocycles. The minimum absolute atomic E-state index is 0.0500. The predicted molar refractivity (Wildman–Crippen MR) is 79.0 cm³/mol. The van der Waals surface area contributed by atoms with Crippen molar-refractivity contribution in [1.82, 2.24) is 10.6 Å². The lowest BCUT2D eigenvalue weighted by atomic mass is 9.83. The second-order valence-electron chi connectivity index (χ2n) is 6.58. The zero-order valence-corrected chi connectivity index (χ0v) is 12.6. The SMILES string of the molecule is CCC1CCNC(C(=O)NCC2(CC)CCCC2)C1. The van der Waals surface area contributed by atoms with E-state index in [2.05, 4.69) is 24.5 Å². The molecule has 2 unspecified atom stereocenters. The van der Waals surface area contributed by atoms with E-state index in [1.54, 1.807) is 0 Å². The molecule has 3 heteroatoms. The largest absolute Gasteiger partial charge is 0.354 e. The first-order valence-corrected chi connectivity index (χ1v) is 8.20. The lowest BCUT2D eigenvalue weighted by molar-refractivity contribution is -0.124. The molecular formula is C16H30N2O. The minimum atomic E-state index is 0.0500. The van der Waals surface area contributed by atoms with Gasteiger partial charge in [0.05, 0.1) is 6.04 Å². The Kier molecular flexibility index (Phi) is 5.26. The molecule has 19 heavy (non-hydrogen) atoms.